The van der Waals surface area contributed by atoms with Crippen LogP contribution in [-0.4, -0.2) is 13.6 Å². The molecule has 1 aliphatic carbocycles. The van der Waals surface area contributed by atoms with E-state index in [0.717, 1.165) is 36.5 Å². The van der Waals surface area contributed by atoms with Crippen molar-refractivity contribution < 1.29 is 13.2 Å². The van der Waals surface area contributed by atoms with Gasteiger partial charge in [-0.15, -0.1) is 0 Å². The summed E-state index contributed by atoms with van der Waals surface area (Å²) in [5, 5.41) is 0.303. The molecule has 1 aliphatic rings. The van der Waals surface area contributed by atoms with Gasteiger partial charge in [0.1, 0.15) is 0 Å². The van der Waals surface area contributed by atoms with E-state index in [1.165, 1.54) is 38.2 Å². The van der Waals surface area contributed by atoms with Crippen molar-refractivity contribution >= 4 is 23.5 Å². The average molecular weight is 355 g/mol. The van der Waals surface area contributed by atoms with Crippen LogP contribution in [0, 0.1) is 5.92 Å². The monoisotopic (exact) mass is 354 g/mol. The summed E-state index contributed by atoms with van der Waals surface area (Å²) in [6.45, 7) is 0.917. The van der Waals surface area contributed by atoms with Crippen LogP contribution in [0.15, 0.2) is 23.1 Å². The van der Waals surface area contributed by atoms with Gasteiger partial charge in [-0.05, 0) is 62.5 Å². The topological polar surface area (TPSA) is 38.0 Å². The van der Waals surface area contributed by atoms with E-state index in [2.05, 4.69) is 4.72 Å². The second-order valence-corrected chi connectivity index (χ2v) is 6.65. The Hall–Kier alpha value is -0.430. The first kappa shape index (κ1) is 19.6. The first-order valence-corrected chi connectivity index (χ1v) is 8.48. The summed E-state index contributed by atoms with van der Waals surface area (Å²) in [6, 6.07) is 3.22. The zero-order valence-electron chi connectivity index (χ0n) is 12.5. The highest BCUT2D eigenvalue weighted by Crippen LogP contribution is 2.34. The van der Waals surface area contributed by atoms with Crippen LogP contribution < -0.4 is 10.5 Å². The predicted molar refractivity (Wildman–Crippen MR) is 87.0 cm³/mol. The third kappa shape index (κ3) is 6.77. The summed E-state index contributed by atoms with van der Waals surface area (Å²) in [6.07, 6.45) is 2.72. The molecule has 1 fully saturated rings. The smallest absolute Gasteiger partial charge is 0.330 e. The summed E-state index contributed by atoms with van der Waals surface area (Å²) in [5.74, 6) is 0.865. The Balaban J connectivity index is 0.000000255. The van der Waals surface area contributed by atoms with E-state index in [9.17, 15) is 13.2 Å². The van der Waals surface area contributed by atoms with Gasteiger partial charge in [0.15, 0.2) is 0 Å². The van der Waals surface area contributed by atoms with Crippen molar-refractivity contribution in [2.75, 3.05) is 13.6 Å². The Bertz CT molecular complexity index is 449. The van der Waals surface area contributed by atoms with E-state index >= 15 is 0 Å². The first-order valence-electron chi connectivity index (χ1n) is 7.29. The Kier molecular flexibility index (Phi) is 8.61. The number of hydrogen-bond donors (Lipinski definition) is 2. The molecule has 0 radical (unpaired) electrons. The van der Waals surface area contributed by atoms with Crippen LogP contribution in [0.2, 0.25) is 5.02 Å². The molecule has 2 rings (SSSR count). The number of nitrogens with one attached hydrogen (secondary N) is 1. The van der Waals surface area contributed by atoms with Gasteiger partial charge in [0.2, 0.25) is 0 Å². The van der Waals surface area contributed by atoms with Crippen LogP contribution in [0.3, 0.4) is 0 Å². The molecule has 3 N–H and O–H groups in total. The van der Waals surface area contributed by atoms with Gasteiger partial charge in [-0.2, -0.15) is 13.2 Å². The highest BCUT2D eigenvalue weighted by atomic mass is 35.5. The number of halogens is 4. The Labute approximate surface area is 139 Å². The van der Waals surface area contributed by atoms with Crippen LogP contribution in [0.5, 0.6) is 0 Å². The van der Waals surface area contributed by atoms with E-state index in [1.54, 1.807) is 7.05 Å². The van der Waals surface area contributed by atoms with Crippen molar-refractivity contribution in [2.24, 2.45) is 11.7 Å². The minimum Gasteiger partial charge on any atom is -0.330 e. The fourth-order valence-electron chi connectivity index (χ4n) is 2.29. The van der Waals surface area contributed by atoms with E-state index in [4.69, 9.17) is 17.3 Å². The van der Waals surface area contributed by atoms with Gasteiger partial charge in [0.25, 0.3) is 0 Å². The van der Waals surface area contributed by atoms with Gasteiger partial charge in [0, 0.05) is 4.90 Å². The Morgan fingerprint density at radius 1 is 1.27 bits per heavy atom. The molecular weight excluding hydrogens is 333 g/mol. The Morgan fingerprint density at radius 2 is 1.91 bits per heavy atom. The SMILES string of the molecule is CNSc1cc(C(F)(F)F)ccc1Cl.NCC1CCCCC1. The molecule has 1 aromatic rings. The average Bonchev–Trinajstić information content (AvgIpc) is 2.50. The van der Waals surface area contributed by atoms with E-state index < -0.39 is 11.7 Å². The van der Waals surface area contributed by atoms with Crippen molar-refractivity contribution in [1.29, 1.82) is 0 Å². The van der Waals surface area contributed by atoms with Gasteiger partial charge in [-0.25, -0.2) is 0 Å². The molecule has 1 saturated carbocycles. The maximum atomic E-state index is 12.3. The summed E-state index contributed by atoms with van der Waals surface area (Å²) < 4.78 is 39.5. The first-order chi connectivity index (χ1) is 10.4. The number of alkyl halides is 3. The third-order valence-electron chi connectivity index (χ3n) is 3.53. The van der Waals surface area contributed by atoms with E-state index in [-0.39, 0.29) is 0 Å². The normalized spacial score (nSPS) is 16.1. The molecule has 7 heteroatoms. The van der Waals surface area contributed by atoms with Crippen molar-refractivity contribution in [3.8, 4) is 0 Å². The molecule has 0 amide bonds. The minimum absolute atomic E-state index is 0.303. The largest absolute Gasteiger partial charge is 0.416 e. The summed E-state index contributed by atoms with van der Waals surface area (Å²) in [4.78, 5) is 0.365. The lowest BCUT2D eigenvalue weighted by Gasteiger charge is -2.18. The van der Waals surface area contributed by atoms with Crippen LogP contribution >= 0.6 is 23.5 Å². The van der Waals surface area contributed by atoms with Gasteiger partial charge in [-0.1, -0.05) is 30.9 Å². The molecule has 1 aromatic carbocycles. The highest BCUT2D eigenvalue weighted by molar-refractivity contribution is 7.97. The minimum atomic E-state index is -4.33. The van der Waals surface area contributed by atoms with Crippen LogP contribution in [0.1, 0.15) is 37.7 Å². The van der Waals surface area contributed by atoms with Crippen molar-refractivity contribution in [1.82, 2.24) is 4.72 Å². The van der Waals surface area contributed by atoms with Crippen molar-refractivity contribution in [3.63, 3.8) is 0 Å². The zero-order valence-corrected chi connectivity index (χ0v) is 14.1. The fraction of sp³-hybridized carbons (Fsp3) is 0.600. The maximum Gasteiger partial charge on any atom is 0.416 e. The van der Waals surface area contributed by atoms with Gasteiger partial charge < -0.3 is 5.73 Å². The molecule has 126 valence electrons. The lowest BCUT2D eigenvalue weighted by atomic mass is 9.90. The molecule has 0 spiro atoms. The molecule has 2 nitrogen and oxygen atoms in total. The summed E-state index contributed by atoms with van der Waals surface area (Å²) in [5.41, 5.74) is 4.81. The number of rotatable bonds is 3. The molecule has 0 atom stereocenters. The molecule has 0 saturated heterocycles. The van der Waals surface area contributed by atoms with Gasteiger partial charge >= 0.3 is 6.18 Å². The maximum absolute atomic E-state index is 12.3. The molecular formula is C15H22ClF3N2S. The van der Waals surface area contributed by atoms with Crippen molar-refractivity contribution in [3.05, 3.63) is 28.8 Å². The quantitative estimate of drug-likeness (QED) is 0.741. The molecule has 22 heavy (non-hydrogen) atoms. The lowest BCUT2D eigenvalue weighted by molar-refractivity contribution is -0.137. The molecule has 0 heterocycles. The molecule has 0 unspecified atom stereocenters. The van der Waals surface area contributed by atoms with Crippen LogP contribution in [0.4, 0.5) is 13.2 Å². The van der Waals surface area contributed by atoms with Crippen molar-refractivity contribution in [2.45, 2.75) is 43.2 Å². The van der Waals surface area contributed by atoms with E-state index in [1.807, 2.05) is 0 Å². The third-order valence-corrected chi connectivity index (χ3v) is 4.73. The number of benzene rings is 1. The number of hydrogen-bond acceptors (Lipinski definition) is 3. The number of nitrogens with two attached hydrogens (primary N) is 1. The van der Waals surface area contributed by atoms with E-state index in [0.29, 0.717) is 9.92 Å². The second-order valence-electron chi connectivity index (χ2n) is 5.19. The lowest BCUT2D eigenvalue weighted by Crippen LogP contribution is -2.16. The summed E-state index contributed by atoms with van der Waals surface area (Å²) >= 11 is 6.75. The van der Waals surface area contributed by atoms with Gasteiger partial charge in [-0.3, -0.25) is 4.72 Å². The van der Waals surface area contributed by atoms with Crippen LogP contribution in [-0.2, 0) is 6.18 Å². The standard InChI is InChI=1S/C8H7ClF3NS.C7H15N/c1-13-14-7-4-5(8(10,11)12)2-3-6(7)9;8-6-7-4-2-1-3-5-7/h2-4,13H,1H3;7H,1-6,8H2. The fourth-order valence-corrected chi connectivity index (χ4v) is 3.10. The Morgan fingerprint density at radius 3 is 2.36 bits per heavy atom. The molecule has 0 bridgehead atoms. The van der Waals surface area contributed by atoms with Crippen LogP contribution in [0.25, 0.3) is 0 Å². The predicted octanol–water partition coefficient (Wildman–Crippen LogP) is 5.11. The highest BCUT2D eigenvalue weighted by Gasteiger charge is 2.30. The molecule has 0 aromatic heterocycles. The zero-order chi connectivity index (χ0) is 16.6. The molecule has 0 aliphatic heterocycles. The second kappa shape index (κ2) is 9.65. The van der Waals surface area contributed by atoms with Gasteiger partial charge in [0.05, 0.1) is 10.6 Å². The summed E-state index contributed by atoms with van der Waals surface area (Å²) in [7, 11) is 1.61.